The van der Waals surface area contributed by atoms with Gasteiger partial charge in [0.05, 0.1) is 6.04 Å². The van der Waals surface area contributed by atoms with Crippen LogP contribution >= 0.6 is 0 Å². The number of hydrogen-bond donors (Lipinski definition) is 5. The Bertz CT molecular complexity index is 1560. The minimum atomic E-state index is -4.31. The molecule has 5 atom stereocenters. The highest BCUT2D eigenvalue weighted by atomic mass is 32.2. The molecular weight excluding hydrogens is 751 g/mol. The molecule has 1 saturated heterocycles. The van der Waals surface area contributed by atoms with Crippen molar-refractivity contribution in [3.05, 3.63) is 48.6 Å². The maximum atomic E-state index is 15.5. The summed E-state index contributed by atoms with van der Waals surface area (Å²) in [6.07, 6.45) is 2.67. The Hall–Kier alpha value is -3.67. The first-order chi connectivity index (χ1) is 26.3. The average Bonchev–Trinajstić information content (AvgIpc) is 3.15. The molecule has 56 heavy (non-hydrogen) atoms. The van der Waals surface area contributed by atoms with Crippen LogP contribution in [-0.4, -0.2) is 115 Å². The number of hydrogen-bond acceptors (Lipinski definition) is 8. The van der Waals surface area contributed by atoms with E-state index in [9.17, 15) is 32.7 Å². The molecule has 3 rings (SSSR count). The van der Waals surface area contributed by atoms with Crippen LogP contribution in [0.5, 0.6) is 0 Å². The lowest BCUT2D eigenvalue weighted by Crippen LogP contribution is -2.61. The highest BCUT2D eigenvalue weighted by molar-refractivity contribution is 7.87. The first-order valence-electron chi connectivity index (χ1n) is 19.6. The van der Waals surface area contributed by atoms with Gasteiger partial charge in [0, 0.05) is 32.7 Å². The van der Waals surface area contributed by atoms with Crippen molar-refractivity contribution in [1.82, 2.24) is 29.9 Å². The molecule has 0 aromatic heterocycles. The van der Waals surface area contributed by atoms with Gasteiger partial charge in [-0.2, -0.15) is 26.2 Å². The van der Waals surface area contributed by atoms with Gasteiger partial charge in [-0.15, -0.1) is 6.58 Å². The van der Waals surface area contributed by atoms with Gasteiger partial charge >= 0.3 is 12.0 Å². The van der Waals surface area contributed by atoms with Gasteiger partial charge in [-0.25, -0.2) is 4.79 Å². The summed E-state index contributed by atoms with van der Waals surface area (Å²) in [6, 6.07) is 4.26. The third-order valence-electron chi connectivity index (χ3n) is 10.2. The van der Waals surface area contributed by atoms with E-state index in [1.54, 1.807) is 58.0 Å². The van der Waals surface area contributed by atoms with Gasteiger partial charge in [0.25, 0.3) is 16.1 Å². The van der Waals surface area contributed by atoms with Crippen molar-refractivity contribution in [1.29, 1.82) is 0 Å². The Morgan fingerprint density at radius 1 is 0.982 bits per heavy atom. The normalized spacial score (nSPS) is 18.8. The highest BCUT2D eigenvalue weighted by Gasteiger charge is 2.51. The average molecular weight is 813 g/mol. The molecule has 2 fully saturated rings. The molecule has 316 valence electrons. The van der Waals surface area contributed by atoms with Crippen LogP contribution in [0.1, 0.15) is 91.5 Å². The van der Waals surface area contributed by atoms with Crippen LogP contribution in [0.2, 0.25) is 0 Å². The van der Waals surface area contributed by atoms with E-state index in [0.717, 1.165) is 23.6 Å². The Labute approximate surface area is 330 Å². The first kappa shape index (κ1) is 46.7. The zero-order valence-corrected chi connectivity index (χ0v) is 34.2. The minimum absolute atomic E-state index is 0.0130. The fraction of sp³-hybridized carbons (Fsp3) is 0.692. The van der Waals surface area contributed by atoms with Crippen molar-refractivity contribution in [3.8, 4) is 0 Å². The van der Waals surface area contributed by atoms with Crippen LogP contribution in [0, 0.1) is 11.8 Å². The van der Waals surface area contributed by atoms with E-state index in [0.29, 0.717) is 24.8 Å². The zero-order chi connectivity index (χ0) is 41.7. The van der Waals surface area contributed by atoms with E-state index in [1.807, 2.05) is 6.92 Å². The van der Waals surface area contributed by atoms with Crippen LogP contribution in [0.4, 0.5) is 13.6 Å². The number of piperazine rings is 1. The van der Waals surface area contributed by atoms with Gasteiger partial charge in [-0.3, -0.25) is 14.4 Å². The van der Waals surface area contributed by atoms with Gasteiger partial charge in [-0.05, 0) is 57.4 Å². The number of aliphatic hydroxyl groups is 1. The number of carbonyl (C=O) groups excluding carboxylic acids is 4. The van der Waals surface area contributed by atoms with E-state index in [1.165, 1.54) is 11.0 Å². The monoisotopic (exact) mass is 812 g/mol. The molecule has 1 aliphatic heterocycles. The maximum absolute atomic E-state index is 15.5. The third-order valence-corrected chi connectivity index (χ3v) is 11.8. The Morgan fingerprint density at radius 3 is 2.16 bits per heavy atom. The standard InChI is InChI=1S/C39H62F2N6O8S/c1-7-15-30(34(49)44-31(24-28-16-11-9-12-17-28)33(48)39(40,41)36(51)42-26-27(3)8-2)43-35(50)32(25-29-18-13-10-14-19-29)45-56(53,54)47-22-20-46(21-23-47)37(52)55-38(4,5)6/h7,10,13-14,18-19,27-28,30-33,45,48H,1,8-9,11-12,15-17,20-26H2,2-6H3,(H,42,51)(H,43,50)(H,44,49)/t27-,30-,31-,32-,33?/m0/s1. The van der Waals surface area contributed by atoms with E-state index in [-0.39, 0.29) is 63.8 Å². The molecule has 1 saturated carbocycles. The summed E-state index contributed by atoms with van der Waals surface area (Å²) in [6.45, 7) is 12.5. The molecule has 0 spiro atoms. The molecule has 1 heterocycles. The Kier molecular flexibility index (Phi) is 17.7. The van der Waals surface area contributed by atoms with Gasteiger partial charge in [0.2, 0.25) is 11.8 Å². The number of nitrogens with one attached hydrogen (secondary N) is 4. The van der Waals surface area contributed by atoms with Gasteiger partial charge in [0.1, 0.15) is 23.8 Å². The summed E-state index contributed by atoms with van der Waals surface area (Å²) in [7, 11) is -4.31. The second kappa shape index (κ2) is 21.2. The quantitative estimate of drug-likeness (QED) is 0.131. The lowest BCUT2D eigenvalue weighted by molar-refractivity contribution is -0.168. The van der Waals surface area contributed by atoms with E-state index < -0.39 is 69.8 Å². The lowest BCUT2D eigenvalue weighted by Gasteiger charge is -2.35. The second-order valence-electron chi connectivity index (χ2n) is 16.0. The summed E-state index contributed by atoms with van der Waals surface area (Å²) in [5.41, 5.74) is -0.121. The number of benzene rings is 1. The maximum Gasteiger partial charge on any atom is 0.410 e. The van der Waals surface area contributed by atoms with E-state index in [4.69, 9.17) is 4.74 Å². The molecule has 0 bridgehead atoms. The van der Waals surface area contributed by atoms with Crippen molar-refractivity contribution < 1.29 is 46.2 Å². The fourth-order valence-corrected chi connectivity index (χ4v) is 7.99. The molecule has 1 aromatic carbocycles. The molecular formula is C39H62F2N6O8S. The largest absolute Gasteiger partial charge is 0.444 e. The summed E-state index contributed by atoms with van der Waals surface area (Å²) >= 11 is 0. The zero-order valence-electron chi connectivity index (χ0n) is 33.4. The molecule has 5 N–H and O–H groups in total. The number of carbonyl (C=O) groups is 4. The number of aliphatic hydroxyl groups excluding tert-OH is 1. The Morgan fingerprint density at radius 2 is 1.59 bits per heavy atom. The van der Waals surface area contributed by atoms with Gasteiger partial charge < -0.3 is 30.7 Å². The summed E-state index contributed by atoms with van der Waals surface area (Å²) in [5, 5.41) is 18.3. The van der Waals surface area contributed by atoms with Crippen LogP contribution in [0.3, 0.4) is 0 Å². The third kappa shape index (κ3) is 14.4. The predicted molar refractivity (Wildman–Crippen MR) is 209 cm³/mol. The summed E-state index contributed by atoms with van der Waals surface area (Å²) in [4.78, 5) is 54.4. The van der Waals surface area contributed by atoms with Crippen molar-refractivity contribution in [2.24, 2.45) is 11.8 Å². The topological polar surface area (TPSA) is 186 Å². The fourth-order valence-electron chi connectivity index (χ4n) is 6.65. The van der Waals surface area contributed by atoms with Crippen molar-refractivity contribution in [2.75, 3.05) is 32.7 Å². The van der Waals surface area contributed by atoms with Crippen LogP contribution in [0.15, 0.2) is 43.0 Å². The smallest absolute Gasteiger partial charge is 0.410 e. The first-order valence-corrected chi connectivity index (χ1v) is 21.1. The molecule has 1 aliphatic carbocycles. The van der Waals surface area contributed by atoms with Crippen LogP contribution in [-0.2, 0) is 35.8 Å². The minimum Gasteiger partial charge on any atom is -0.444 e. The second-order valence-corrected chi connectivity index (χ2v) is 17.7. The number of nitrogens with zero attached hydrogens (tertiary/aromatic N) is 2. The number of amides is 4. The highest BCUT2D eigenvalue weighted by Crippen LogP contribution is 2.31. The lowest BCUT2D eigenvalue weighted by atomic mass is 9.82. The summed E-state index contributed by atoms with van der Waals surface area (Å²) in [5.74, 6) is -7.83. The molecule has 0 radical (unpaired) electrons. The van der Waals surface area contributed by atoms with Crippen LogP contribution in [0.25, 0.3) is 0 Å². The molecule has 14 nitrogen and oxygen atoms in total. The SMILES string of the molecule is C=CC[C@H](NC(=O)[C@H](Cc1ccccc1)NS(=O)(=O)N1CCN(C(=O)OC(C)(C)C)CC1)C(=O)N[C@@H](CC1CCCCC1)C(O)C(F)(F)C(=O)NC[C@@H](C)CC. The predicted octanol–water partition coefficient (Wildman–Crippen LogP) is 3.66. The van der Waals surface area contributed by atoms with E-state index >= 15 is 8.78 Å². The molecule has 1 unspecified atom stereocenters. The van der Waals surface area contributed by atoms with Gasteiger partial charge in [-0.1, -0.05) is 88.8 Å². The van der Waals surface area contributed by atoms with Gasteiger partial charge in [0.15, 0.2) is 0 Å². The number of ether oxygens (including phenoxy) is 1. The van der Waals surface area contributed by atoms with Crippen molar-refractivity contribution >= 4 is 34.0 Å². The molecule has 2 aliphatic rings. The number of alkyl halides is 2. The summed E-state index contributed by atoms with van der Waals surface area (Å²) < 4.78 is 67.4. The van der Waals surface area contributed by atoms with Crippen molar-refractivity contribution in [3.63, 3.8) is 0 Å². The number of halogens is 2. The van der Waals surface area contributed by atoms with Crippen molar-refractivity contribution in [2.45, 2.75) is 128 Å². The Balaban J connectivity index is 1.81. The molecule has 4 amide bonds. The van der Waals surface area contributed by atoms with E-state index in [2.05, 4.69) is 27.3 Å². The van der Waals surface area contributed by atoms with Crippen LogP contribution < -0.4 is 20.7 Å². The number of rotatable bonds is 19. The molecule has 1 aromatic rings. The molecule has 17 heteroatoms.